The van der Waals surface area contributed by atoms with Gasteiger partial charge >= 0.3 is 0 Å². The summed E-state index contributed by atoms with van der Waals surface area (Å²) in [7, 11) is -1.43. The van der Waals surface area contributed by atoms with Gasteiger partial charge in [0.2, 0.25) is 0 Å². The molecule has 116 valence electrons. The molecule has 0 aliphatic carbocycles. The first-order chi connectivity index (χ1) is 10.4. The summed E-state index contributed by atoms with van der Waals surface area (Å²) in [6.07, 6.45) is 5.21. The molecule has 0 saturated carbocycles. The van der Waals surface area contributed by atoms with Crippen molar-refractivity contribution in [2.45, 2.75) is 45.1 Å². The van der Waals surface area contributed by atoms with Crippen molar-refractivity contribution in [1.29, 1.82) is 0 Å². The Bertz CT molecular complexity index is 746. The predicted octanol–water partition coefficient (Wildman–Crippen LogP) is 4.62. The first kappa shape index (κ1) is 15.6. The van der Waals surface area contributed by atoms with Crippen LogP contribution < -0.4 is 0 Å². The highest BCUT2D eigenvalue weighted by molar-refractivity contribution is 6.83. The molecule has 0 radical (unpaired) electrons. The molecule has 1 aliphatic rings. The number of ether oxygens (including phenoxy) is 1. The molecule has 1 aromatic heterocycles. The first-order valence-corrected chi connectivity index (χ1v) is 11.6. The van der Waals surface area contributed by atoms with Gasteiger partial charge in [-0.2, -0.15) is 5.10 Å². The van der Waals surface area contributed by atoms with Crippen molar-refractivity contribution in [2.75, 3.05) is 6.61 Å². The number of halogens is 1. The third kappa shape index (κ3) is 3.38. The highest BCUT2D eigenvalue weighted by atomic mass is 35.5. The maximum absolute atomic E-state index is 6.30. The average molecular weight is 333 g/mol. The zero-order chi connectivity index (χ0) is 15.7. The number of rotatable bonds is 1. The van der Waals surface area contributed by atoms with Crippen molar-refractivity contribution in [3.63, 3.8) is 0 Å². The van der Waals surface area contributed by atoms with Crippen LogP contribution in [0.25, 0.3) is 10.9 Å². The smallest absolute Gasteiger partial charge is 0.150 e. The van der Waals surface area contributed by atoms with Crippen LogP contribution in [0.4, 0.5) is 0 Å². The summed E-state index contributed by atoms with van der Waals surface area (Å²) in [4.78, 5) is 0. The van der Waals surface area contributed by atoms with Crippen LogP contribution in [0.3, 0.4) is 0 Å². The number of benzene rings is 1. The molecule has 0 spiro atoms. The van der Waals surface area contributed by atoms with E-state index in [0.29, 0.717) is 5.02 Å². The summed E-state index contributed by atoms with van der Waals surface area (Å²) >= 11 is 6.30. The predicted molar refractivity (Wildman–Crippen MR) is 93.8 cm³/mol. The van der Waals surface area contributed by atoms with Crippen molar-refractivity contribution in [3.8, 4) is 11.5 Å². The lowest BCUT2D eigenvalue weighted by atomic mass is 10.1. The Morgan fingerprint density at radius 1 is 1.32 bits per heavy atom. The second kappa shape index (κ2) is 6.08. The van der Waals surface area contributed by atoms with Gasteiger partial charge in [-0.15, -0.1) is 5.54 Å². The SMILES string of the molecule is C[Si](C)(C)C#Cc1cc(Cl)cc2c1cnn2C1CCCCO1. The highest BCUT2D eigenvalue weighted by Gasteiger charge is 2.19. The van der Waals surface area contributed by atoms with E-state index in [9.17, 15) is 0 Å². The maximum atomic E-state index is 6.30. The highest BCUT2D eigenvalue weighted by Crippen LogP contribution is 2.29. The van der Waals surface area contributed by atoms with Crippen molar-refractivity contribution in [2.24, 2.45) is 0 Å². The molecule has 1 saturated heterocycles. The van der Waals surface area contributed by atoms with Crippen LogP contribution in [-0.2, 0) is 4.74 Å². The number of fused-ring (bicyclic) bond motifs is 1. The fourth-order valence-electron chi connectivity index (χ4n) is 2.62. The van der Waals surface area contributed by atoms with Crippen LogP contribution >= 0.6 is 11.6 Å². The molecular weight excluding hydrogens is 312 g/mol. The largest absolute Gasteiger partial charge is 0.356 e. The van der Waals surface area contributed by atoms with Gasteiger partial charge in [0.05, 0.1) is 11.7 Å². The zero-order valence-corrected chi connectivity index (χ0v) is 15.1. The fraction of sp³-hybridized carbons (Fsp3) is 0.471. The van der Waals surface area contributed by atoms with Gasteiger partial charge in [-0.05, 0) is 31.4 Å². The molecule has 0 amide bonds. The Labute approximate surface area is 137 Å². The lowest BCUT2D eigenvalue weighted by Crippen LogP contribution is -2.18. The molecule has 5 heteroatoms. The van der Waals surface area contributed by atoms with Crippen LogP contribution in [0.1, 0.15) is 31.1 Å². The van der Waals surface area contributed by atoms with Gasteiger partial charge in [0.15, 0.2) is 6.23 Å². The Morgan fingerprint density at radius 3 is 2.82 bits per heavy atom. The summed E-state index contributed by atoms with van der Waals surface area (Å²) in [6.45, 7) is 7.51. The van der Waals surface area contributed by atoms with Gasteiger partial charge in [0.25, 0.3) is 0 Å². The molecule has 3 nitrogen and oxygen atoms in total. The van der Waals surface area contributed by atoms with E-state index in [0.717, 1.165) is 35.9 Å². The van der Waals surface area contributed by atoms with Gasteiger partial charge in [-0.3, -0.25) is 0 Å². The summed E-state index contributed by atoms with van der Waals surface area (Å²) < 4.78 is 7.81. The number of aromatic nitrogens is 2. The van der Waals surface area contributed by atoms with Crippen molar-refractivity contribution in [1.82, 2.24) is 9.78 Å². The van der Waals surface area contributed by atoms with Crippen LogP contribution in [-0.4, -0.2) is 24.5 Å². The second-order valence-electron chi connectivity index (χ2n) is 6.80. The molecule has 3 rings (SSSR count). The van der Waals surface area contributed by atoms with Crippen molar-refractivity contribution >= 4 is 30.6 Å². The molecule has 2 aromatic rings. The molecule has 0 bridgehead atoms. The van der Waals surface area contributed by atoms with Crippen LogP contribution in [0.15, 0.2) is 18.3 Å². The molecule has 1 aliphatic heterocycles. The van der Waals surface area contributed by atoms with E-state index in [4.69, 9.17) is 16.3 Å². The average Bonchev–Trinajstić information content (AvgIpc) is 2.88. The van der Waals surface area contributed by atoms with Gasteiger partial charge in [-0.25, -0.2) is 4.68 Å². The van der Waals surface area contributed by atoms with Crippen LogP contribution in [0.2, 0.25) is 24.7 Å². The van der Waals surface area contributed by atoms with Crippen LogP contribution in [0.5, 0.6) is 0 Å². The summed E-state index contributed by atoms with van der Waals surface area (Å²) in [6, 6.07) is 3.90. The molecule has 1 unspecified atom stereocenters. The quantitative estimate of drug-likeness (QED) is 0.563. The third-order valence-electron chi connectivity index (χ3n) is 3.68. The van der Waals surface area contributed by atoms with Gasteiger partial charge in [0.1, 0.15) is 8.07 Å². The lowest BCUT2D eigenvalue weighted by molar-refractivity contribution is -0.0366. The first-order valence-electron chi connectivity index (χ1n) is 7.75. The number of nitrogens with zero attached hydrogens (tertiary/aromatic N) is 2. The molecule has 1 atom stereocenters. The molecule has 1 aromatic carbocycles. The molecule has 0 N–H and O–H groups in total. The standard InChI is InChI=1S/C17H21ClN2OSi/c1-22(2,3)9-7-13-10-14(18)11-16-15(13)12-19-20(16)17-6-4-5-8-21-17/h10-12,17H,4-6,8H2,1-3H3. The van der Waals surface area contributed by atoms with E-state index < -0.39 is 8.07 Å². The molecule has 22 heavy (non-hydrogen) atoms. The Kier molecular flexibility index (Phi) is 4.31. The normalized spacial score (nSPS) is 19.0. The fourth-order valence-corrected chi connectivity index (χ4v) is 3.34. The van der Waals surface area contributed by atoms with E-state index in [2.05, 4.69) is 36.2 Å². The second-order valence-corrected chi connectivity index (χ2v) is 12.0. The zero-order valence-electron chi connectivity index (χ0n) is 13.3. The molecular formula is C17H21ClN2OSi. The monoisotopic (exact) mass is 332 g/mol. The topological polar surface area (TPSA) is 27.1 Å². The van der Waals surface area contributed by atoms with Gasteiger partial charge in [-0.1, -0.05) is 37.2 Å². The van der Waals surface area contributed by atoms with E-state index in [1.807, 2.05) is 23.0 Å². The Morgan fingerprint density at radius 2 is 2.14 bits per heavy atom. The minimum absolute atomic E-state index is 0.0162. The Balaban J connectivity index is 2.07. The van der Waals surface area contributed by atoms with E-state index >= 15 is 0 Å². The summed E-state index contributed by atoms with van der Waals surface area (Å²) in [5.74, 6) is 3.32. The van der Waals surface area contributed by atoms with Gasteiger partial charge in [0, 0.05) is 22.6 Å². The minimum Gasteiger partial charge on any atom is -0.356 e. The molecule has 2 heterocycles. The number of hydrogen-bond acceptors (Lipinski definition) is 2. The third-order valence-corrected chi connectivity index (χ3v) is 4.77. The number of hydrogen-bond donors (Lipinski definition) is 0. The summed E-state index contributed by atoms with van der Waals surface area (Å²) in [5, 5.41) is 6.30. The Hall–Kier alpha value is -1.28. The molecule has 1 fully saturated rings. The maximum Gasteiger partial charge on any atom is 0.150 e. The van der Waals surface area contributed by atoms with E-state index in [-0.39, 0.29) is 6.23 Å². The summed E-state index contributed by atoms with van der Waals surface area (Å²) in [5.41, 5.74) is 5.39. The lowest BCUT2D eigenvalue weighted by Gasteiger charge is -2.23. The minimum atomic E-state index is -1.43. The van der Waals surface area contributed by atoms with E-state index in [1.54, 1.807) is 0 Å². The van der Waals surface area contributed by atoms with E-state index in [1.165, 1.54) is 6.42 Å². The van der Waals surface area contributed by atoms with Crippen molar-refractivity contribution < 1.29 is 4.74 Å². The van der Waals surface area contributed by atoms with Crippen molar-refractivity contribution in [3.05, 3.63) is 28.9 Å². The van der Waals surface area contributed by atoms with Crippen LogP contribution in [0, 0.1) is 11.5 Å². The van der Waals surface area contributed by atoms with Gasteiger partial charge < -0.3 is 4.74 Å².